The van der Waals surface area contributed by atoms with Crippen LogP contribution < -0.4 is 10.9 Å². The topological polar surface area (TPSA) is 92.1 Å². The minimum Gasteiger partial charge on any atom is -0.326 e. The first-order valence-electron chi connectivity index (χ1n) is 8.54. The zero-order valence-corrected chi connectivity index (χ0v) is 15.4. The number of aromatic nitrogens is 4. The fourth-order valence-electron chi connectivity index (χ4n) is 2.79. The van der Waals surface area contributed by atoms with Gasteiger partial charge in [-0.25, -0.2) is 9.61 Å². The van der Waals surface area contributed by atoms with Crippen molar-refractivity contribution in [3.8, 4) is 10.6 Å². The molecule has 0 spiro atoms. The number of aryl methyl sites for hydroxylation is 1. The van der Waals surface area contributed by atoms with Crippen LogP contribution in [0.15, 0.2) is 52.6 Å². The number of carbonyl (C=O) groups excluding carboxylic acids is 1. The lowest BCUT2D eigenvalue weighted by atomic mass is 10.1. The van der Waals surface area contributed by atoms with Gasteiger partial charge in [-0.1, -0.05) is 25.1 Å². The summed E-state index contributed by atoms with van der Waals surface area (Å²) in [7, 11) is 0. The molecule has 8 heteroatoms. The van der Waals surface area contributed by atoms with Crippen molar-refractivity contribution in [2.24, 2.45) is 0 Å². The number of rotatable bonds is 5. The zero-order valence-electron chi connectivity index (χ0n) is 14.6. The number of nitrogens with one attached hydrogen (secondary N) is 2. The van der Waals surface area contributed by atoms with E-state index in [1.54, 1.807) is 6.07 Å². The third-order valence-corrected chi connectivity index (χ3v) is 5.10. The van der Waals surface area contributed by atoms with Gasteiger partial charge in [0.15, 0.2) is 5.82 Å². The van der Waals surface area contributed by atoms with Gasteiger partial charge in [0.1, 0.15) is 11.2 Å². The Kier molecular flexibility index (Phi) is 4.55. The minimum absolute atomic E-state index is 0.00559. The van der Waals surface area contributed by atoms with Crippen LogP contribution in [0.3, 0.4) is 0 Å². The van der Waals surface area contributed by atoms with E-state index in [0.29, 0.717) is 17.0 Å². The first-order chi connectivity index (χ1) is 13.1. The van der Waals surface area contributed by atoms with Crippen LogP contribution in [-0.4, -0.2) is 25.7 Å². The standard InChI is InChI=1S/C19H17N5O2S/c1-2-12-5-7-13(8-6-12)20-18(25)11-17-21-22-19(26)15-10-14(23-24(15)17)16-4-3-9-27-16/h3-10H,2,11H2,1H3,(H,20,25)(H,22,26). The number of carbonyl (C=O) groups is 1. The molecule has 0 atom stereocenters. The second-order valence-electron chi connectivity index (χ2n) is 6.05. The molecule has 2 N–H and O–H groups in total. The molecule has 1 aromatic carbocycles. The lowest BCUT2D eigenvalue weighted by Gasteiger charge is -2.06. The number of thiophene rings is 1. The Morgan fingerprint density at radius 1 is 1.26 bits per heavy atom. The number of aromatic amines is 1. The van der Waals surface area contributed by atoms with Gasteiger partial charge in [0, 0.05) is 5.69 Å². The highest BCUT2D eigenvalue weighted by Crippen LogP contribution is 2.23. The van der Waals surface area contributed by atoms with E-state index in [9.17, 15) is 9.59 Å². The van der Waals surface area contributed by atoms with Gasteiger partial charge in [0.25, 0.3) is 5.56 Å². The molecule has 0 saturated carbocycles. The quantitative estimate of drug-likeness (QED) is 0.558. The molecule has 0 radical (unpaired) electrons. The minimum atomic E-state index is -0.343. The van der Waals surface area contributed by atoms with Crippen LogP contribution >= 0.6 is 11.3 Å². The Labute approximate surface area is 158 Å². The predicted octanol–water partition coefficient (Wildman–Crippen LogP) is 2.89. The largest absolute Gasteiger partial charge is 0.326 e. The van der Waals surface area contributed by atoms with E-state index in [4.69, 9.17) is 0 Å². The number of hydrogen-bond acceptors (Lipinski definition) is 5. The first-order valence-corrected chi connectivity index (χ1v) is 9.42. The Morgan fingerprint density at radius 2 is 2.07 bits per heavy atom. The lowest BCUT2D eigenvalue weighted by molar-refractivity contribution is -0.115. The van der Waals surface area contributed by atoms with E-state index < -0.39 is 0 Å². The summed E-state index contributed by atoms with van der Waals surface area (Å²) in [5, 5.41) is 15.7. The molecule has 3 heterocycles. The van der Waals surface area contributed by atoms with E-state index in [2.05, 4.69) is 27.5 Å². The van der Waals surface area contributed by atoms with E-state index >= 15 is 0 Å². The molecule has 0 bridgehead atoms. The van der Waals surface area contributed by atoms with Gasteiger partial charge in [0.05, 0.1) is 11.3 Å². The maximum Gasteiger partial charge on any atom is 0.290 e. The van der Waals surface area contributed by atoms with Crippen LogP contribution in [0, 0.1) is 0 Å². The predicted molar refractivity (Wildman–Crippen MR) is 105 cm³/mol. The number of fused-ring (bicyclic) bond motifs is 1. The molecular weight excluding hydrogens is 362 g/mol. The summed E-state index contributed by atoms with van der Waals surface area (Å²) in [4.78, 5) is 25.4. The van der Waals surface area contributed by atoms with Crippen LogP contribution in [0.5, 0.6) is 0 Å². The molecule has 0 fully saturated rings. The highest BCUT2D eigenvalue weighted by molar-refractivity contribution is 7.13. The molecule has 0 aliphatic rings. The Hall–Kier alpha value is -3.26. The second-order valence-corrected chi connectivity index (χ2v) is 7.00. The highest BCUT2D eigenvalue weighted by atomic mass is 32.1. The molecule has 4 rings (SSSR count). The van der Waals surface area contributed by atoms with Crippen molar-refractivity contribution in [2.45, 2.75) is 19.8 Å². The molecule has 0 unspecified atom stereocenters. The van der Waals surface area contributed by atoms with Crippen LogP contribution in [0.2, 0.25) is 0 Å². The number of hydrogen-bond donors (Lipinski definition) is 2. The molecule has 4 aromatic rings. The summed E-state index contributed by atoms with van der Waals surface area (Å²) in [6.45, 7) is 2.08. The smallest absolute Gasteiger partial charge is 0.290 e. The number of H-pyrrole nitrogens is 1. The number of nitrogens with zero attached hydrogens (tertiary/aromatic N) is 3. The maximum absolute atomic E-state index is 12.4. The van der Waals surface area contributed by atoms with Crippen molar-refractivity contribution in [3.05, 3.63) is 69.6 Å². The molecule has 0 aliphatic carbocycles. The van der Waals surface area contributed by atoms with Crippen molar-refractivity contribution >= 4 is 28.4 Å². The summed E-state index contributed by atoms with van der Waals surface area (Å²) >= 11 is 1.53. The summed E-state index contributed by atoms with van der Waals surface area (Å²) in [6.07, 6.45) is 0.938. The maximum atomic E-state index is 12.4. The van der Waals surface area contributed by atoms with Crippen LogP contribution in [0.4, 0.5) is 5.69 Å². The third kappa shape index (κ3) is 3.52. The first kappa shape index (κ1) is 17.2. The molecule has 1 amide bonds. The summed E-state index contributed by atoms with van der Waals surface area (Å²) in [5.41, 5.74) is 2.63. The Bertz CT molecular complexity index is 1140. The number of benzene rings is 1. The molecule has 136 valence electrons. The fourth-order valence-corrected chi connectivity index (χ4v) is 3.47. The van der Waals surface area contributed by atoms with Crippen LogP contribution in [-0.2, 0) is 17.6 Å². The average Bonchev–Trinajstić information content (AvgIpc) is 3.34. The third-order valence-electron chi connectivity index (χ3n) is 4.21. The van der Waals surface area contributed by atoms with Gasteiger partial charge < -0.3 is 5.32 Å². The van der Waals surface area contributed by atoms with E-state index in [1.165, 1.54) is 21.4 Å². The van der Waals surface area contributed by atoms with E-state index in [-0.39, 0.29) is 17.9 Å². The van der Waals surface area contributed by atoms with Gasteiger partial charge in [0.2, 0.25) is 5.91 Å². The van der Waals surface area contributed by atoms with Crippen molar-refractivity contribution in [1.82, 2.24) is 19.8 Å². The average molecular weight is 379 g/mol. The zero-order chi connectivity index (χ0) is 18.8. The summed E-state index contributed by atoms with van der Waals surface area (Å²) in [5.74, 6) is 0.142. The SMILES string of the molecule is CCc1ccc(NC(=O)Cc2n[nH]c(=O)c3cc(-c4cccs4)nn23)cc1. The summed E-state index contributed by atoms with van der Waals surface area (Å²) < 4.78 is 1.44. The van der Waals surface area contributed by atoms with Crippen LogP contribution in [0.25, 0.3) is 16.1 Å². The van der Waals surface area contributed by atoms with Gasteiger partial charge in [-0.3, -0.25) is 9.59 Å². The van der Waals surface area contributed by atoms with Crippen molar-refractivity contribution in [2.75, 3.05) is 5.32 Å². The molecule has 7 nitrogen and oxygen atoms in total. The van der Waals surface area contributed by atoms with Crippen molar-refractivity contribution in [1.29, 1.82) is 0 Å². The normalized spacial score (nSPS) is 11.0. The highest BCUT2D eigenvalue weighted by Gasteiger charge is 2.15. The van der Waals surface area contributed by atoms with Gasteiger partial charge in [-0.2, -0.15) is 10.2 Å². The second kappa shape index (κ2) is 7.16. The number of anilines is 1. The van der Waals surface area contributed by atoms with E-state index in [0.717, 1.165) is 17.0 Å². The van der Waals surface area contributed by atoms with Gasteiger partial charge in [-0.05, 0) is 41.6 Å². The molecule has 27 heavy (non-hydrogen) atoms. The molecular formula is C19H17N5O2S. The molecule has 0 aliphatic heterocycles. The van der Waals surface area contributed by atoms with Crippen molar-refractivity contribution in [3.63, 3.8) is 0 Å². The summed E-state index contributed by atoms with van der Waals surface area (Å²) in [6, 6.07) is 13.3. The fraction of sp³-hybridized carbons (Fsp3) is 0.158. The lowest BCUT2D eigenvalue weighted by Crippen LogP contribution is -2.22. The monoisotopic (exact) mass is 379 g/mol. The molecule has 3 aromatic heterocycles. The van der Waals surface area contributed by atoms with Crippen LogP contribution in [0.1, 0.15) is 18.3 Å². The van der Waals surface area contributed by atoms with Crippen molar-refractivity contribution < 1.29 is 4.79 Å². The van der Waals surface area contributed by atoms with Gasteiger partial charge in [-0.15, -0.1) is 11.3 Å². The Balaban J connectivity index is 1.60. The van der Waals surface area contributed by atoms with E-state index in [1.807, 2.05) is 41.8 Å². The molecule has 0 saturated heterocycles. The van der Waals surface area contributed by atoms with Gasteiger partial charge >= 0.3 is 0 Å². The number of amides is 1. The Morgan fingerprint density at radius 3 is 2.78 bits per heavy atom.